The Morgan fingerprint density at radius 1 is 1.42 bits per heavy atom. The number of sulfonamides is 1. The van der Waals surface area contributed by atoms with E-state index in [4.69, 9.17) is 5.73 Å². The molecular weight excluding hydrogens is 328 g/mol. The van der Waals surface area contributed by atoms with Gasteiger partial charge in [-0.2, -0.15) is 0 Å². The number of benzene rings is 1. The molecule has 4 nitrogen and oxygen atoms in total. The first-order valence-electron chi connectivity index (χ1n) is 6.45. The summed E-state index contributed by atoms with van der Waals surface area (Å²) in [7, 11) is -3.48. The zero-order valence-corrected chi connectivity index (χ0v) is 13.4. The Labute approximate surface area is 122 Å². The van der Waals surface area contributed by atoms with Crippen molar-refractivity contribution in [2.24, 2.45) is 5.92 Å². The Kier molecular flexibility index (Phi) is 4.53. The SMILES string of the molecule is Cc1c(N)cc(Br)cc1S(=O)(=O)NCCC1CCC1. The Bertz CT molecular complexity index is 568. The number of anilines is 1. The summed E-state index contributed by atoms with van der Waals surface area (Å²) in [6.45, 7) is 2.22. The summed E-state index contributed by atoms with van der Waals surface area (Å²) in [5, 5.41) is 0. The fraction of sp³-hybridized carbons (Fsp3) is 0.538. The van der Waals surface area contributed by atoms with E-state index in [0.717, 1.165) is 6.42 Å². The van der Waals surface area contributed by atoms with Crippen molar-refractivity contribution in [3.63, 3.8) is 0 Å². The van der Waals surface area contributed by atoms with Crippen molar-refractivity contribution >= 4 is 31.6 Å². The van der Waals surface area contributed by atoms with E-state index in [1.54, 1.807) is 19.1 Å². The average Bonchev–Trinajstić information content (AvgIpc) is 2.26. The monoisotopic (exact) mass is 346 g/mol. The van der Waals surface area contributed by atoms with Gasteiger partial charge >= 0.3 is 0 Å². The van der Waals surface area contributed by atoms with Gasteiger partial charge < -0.3 is 5.73 Å². The van der Waals surface area contributed by atoms with Crippen LogP contribution in [0.5, 0.6) is 0 Å². The first-order chi connectivity index (χ1) is 8.90. The molecule has 1 aromatic rings. The van der Waals surface area contributed by atoms with Crippen LogP contribution in [-0.4, -0.2) is 15.0 Å². The zero-order chi connectivity index (χ0) is 14.0. The highest BCUT2D eigenvalue weighted by Gasteiger charge is 2.21. The van der Waals surface area contributed by atoms with E-state index in [-0.39, 0.29) is 4.90 Å². The minimum atomic E-state index is -3.48. The average molecular weight is 347 g/mol. The molecule has 2 rings (SSSR count). The summed E-state index contributed by atoms with van der Waals surface area (Å²) in [6.07, 6.45) is 4.65. The molecule has 0 aromatic heterocycles. The fourth-order valence-corrected chi connectivity index (χ4v) is 4.18. The van der Waals surface area contributed by atoms with E-state index in [1.165, 1.54) is 19.3 Å². The highest BCUT2D eigenvalue weighted by atomic mass is 79.9. The van der Waals surface area contributed by atoms with Crippen LogP contribution in [0.3, 0.4) is 0 Å². The molecule has 0 spiro atoms. The lowest BCUT2D eigenvalue weighted by Gasteiger charge is -2.25. The van der Waals surface area contributed by atoms with Crippen LogP contribution in [0.25, 0.3) is 0 Å². The summed E-state index contributed by atoms with van der Waals surface area (Å²) in [4.78, 5) is 0.257. The van der Waals surface area contributed by atoms with E-state index in [1.807, 2.05) is 0 Å². The van der Waals surface area contributed by atoms with Gasteiger partial charge in [0.15, 0.2) is 0 Å². The molecule has 0 saturated heterocycles. The third-order valence-corrected chi connectivity index (χ3v) is 5.77. The Morgan fingerprint density at radius 3 is 2.68 bits per heavy atom. The topological polar surface area (TPSA) is 72.2 Å². The van der Waals surface area contributed by atoms with Crippen molar-refractivity contribution in [1.29, 1.82) is 0 Å². The molecule has 1 aliphatic rings. The first kappa shape index (κ1) is 14.8. The molecule has 6 heteroatoms. The molecule has 1 fully saturated rings. The van der Waals surface area contributed by atoms with Gasteiger partial charge in [0.2, 0.25) is 10.0 Å². The van der Waals surface area contributed by atoms with Crippen molar-refractivity contribution in [2.45, 2.75) is 37.5 Å². The Hall–Kier alpha value is -0.590. The molecule has 0 heterocycles. The molecule has 0 aliphatic heterocycles. The molecule has 19 heavy (non-hydrogen) atoms. The van der Waals surface area contributed by atoms with E-state index >= 15 is 0 Å². The third-order valence-electron chi connectivity index (χ3n) is 3.72. The summed E-state index contributed by atoms with van der Waals surface area (Å²) >= 11 is 3.28. The van der Waals surface area contributed by atoms with E-state index in [9.17, 15) is 8.42 Å². The summed E-state index contributed by atoms with van der Waals surface area (Å²) in [5.74, 6) is 0.691. The van der Waals surface area contributed by atoms with Gasteiger partial charge in [0.1, 0.15) is 0 Å². The lowest BCUT2D eigenvalue weighted by Crippen LogP contribution is -2.28. The lowest BCUT2D eigenvalue weighted by atomic mass is 9.83. The molecule has 0 bridgehead atoms. The van der Waals surface area contributed by atoms with Crippen LogP contribution in [-0.2, 0) is 10.0 Å². The fourth-order valence-electron chi connectivity index (χ4n) is 2.21. The molecule has 3 N–H and O–H groups in total. The number of nitrogen functional groups attached to an aromatic ring is 1. The minimum absolute atomic E-state index is 0.257. The van der Waals surface area contributed by atoms with E-state index in [0.29, 0.717) is 28.2 Å². The van der Waals surface area contributed by atoms with Crippen molar-refractivity contribution in [3.8, 4) is 0 Å². The highest BCUT2D eigenvalue weighted by molar-refractivity contribution is 9.10. The molecule has 0 unspecified atom stereocenters. The molecule has 0 atom stereocenters. The van der Waals surface area contributed by atoms with Gasteiger partial charge in [-0.05, 0) is 37.0 Å². The second kappa shape index (κ2) is 5.81. The number of hydrogen-bond donors (Lipinski definition) is 2. The smallest absolute Gasteiger partial charge is 0.240 e. The van der Waals surface area contributed by atoms with Crippen molar-refractivity contribution < 1.29 is 8.42 Å². The van der Waals surface area contributed by atoms with Crippen molar-refractivity contribution in [2.75, 3.05) is 12.3 Å². The van der Waals surface area contributed by atoms with Gasteiger partial charge in [0.25, 0.3) is 0 Å². The summed E-state index contributed by atoms with van der Waals surface area (Å²) < 4.78 is 27.9. The molecule has 1 aromatic carbocycles. The Balaban J connectivity index is 2.09. The number of halogens is 1. The predicted molar refractivity (Wildman–Crippen MR) is 80.4 cm³/mol. The maximum atomic E-state index is 12.3. The van der Waals surface area contributed by atoms with Crippen LogP contribution in [0.1, 0.15) is 31.2 Å². The molecular formula is C13H19BrN2O2S. The largest absolute Gasteiger partial charge is 0.398 e. The van der Waals surface area contributed by atoms with Gasteiger partial charge in [0, 0.05) is 16.7 Å². The second-order valence-corrected chi connectivity index (χ2v) is 7.75. The van der Waals surface area contributed by atoms with Gasteiger partial charge in [-0.25, -0.2) is 13.1 Å². The van der Waals surface area contributed by atoms with Crippen LogP contribution < -0.4 is 10.5 Å². The number of nitrogens with one attached hydrogen (secondary N) is 1. The van der Waals surface area contributed by atoms with Crippen LogP contribution in [0.2, 0.25) is 0 Å². The first-order valence-corrected chi connectivity index (χ1v) is 8.73. The second-order valence-electron chi connectivity index (χ2n) is 5.10. The molecule has 0 amide bonds. The van der Waals surface area contributed by atoms with Crippen molar-refractivity contribution in [1.82, 2.24) is 4.72 Å². The van der Waals surface area contributed by atoms with Crippen LogP contribution in [0.4, 0.5) is 5.69 Å². The normalized spacial score (nSPS) is 16.3. The number of hydrogen-bond acceptors (Lipinski definition) is 3. The predicted octanol–water partition coefficient (Wildman–Crippen LogP) is 2.81. The number of rotatable bonds is 5. The van der Waals surface area contributed by atoms with Gasteiger partial charge in [-0.15, -0.1) is 0 Å². The molecule has 0 radical (unpaired) electrons. The maximum Gasteiger partial charge on any atom is 0.240 e. The highest BCUT2D eigenvalue weighted by Crippen LogP contribution is 2.29. The van der Waals surface area contributed by atoms with Crippen molar-refractivity contribution in [3.05, 3.63) is 22.2 Å². The van der Waals surface area contributed by atoms with Gasteiger partial charge in [-0.1, -0.05) is 35.2 Å². The summed E-state index contributed by atoms with van der Waals surface area (Å²) in [6, 6.07) is 3.31. The zero-order valence-electron chi connectivity index (χ0n) is 10.9. The van der Waals surface area contributed by atoms with Crippen LogP contribution in [0, 0.1) is 12.8 Å². The van der Waals surface area contributed by atoms with E-state index in [2.05, 4.69) is 20.7 Å². The lowest BCUT2D eigenvalue weighted by molar-refractivity contribution is 0.297. The summed E-state index contributed by atoms with van der Waals surface area (Å²) in [5.41, 5.74) is 6.88. The maximum absolute atomic E-state index is 12.3. The van der Waals surface area contributed by atoms with Crippen LogP contribution >= 0.6 is 15.9 Å². The standard InChI is InChI=1S/C13H19BrN2O2S/c1-9-12(15)7-11(14)8-13(9)19(17,18)16-6-5-10-3-2-4-10/h7-8,10,16H,2-6,15H2,1H3. The molecule has 106 valence electrons. The van der Waals surface area contributed by atoms with Gasteiger partial charge in [0.05, 0.1) is 4.90 Å². The van der Waals surface area contributed by atoms with E-state index < -0.39 is 10.0 Å². The number of nitrogens with two attached hydrogens (primary N) is 1. The quantitative estimate of drug-likeness (QED) is 0.805. The minimum Gasteiger partial charge on any atom is -0.398 e. The van der Waals surface area contributed by atoms with Crippen LogP contribution in [0.15, 0.2) is 21.5 Å². The third kappa shape index (κ3) is 3.49. The molecule has 1 aliphatic carbocycles. The van der Waals surface area contributed by atoms with Gasteiger partial charge in [-0.3, -0.25) is 0 Å². The molecule has 1 saturated carbocycles. The Morgan fingerprint density at radius 2 is 2.11 bits per heavy atom.